The molecule has 0 bridgehead atoms. The molecule has 1 aromatic carbocycles. The highest BCUT2D eigenvalue weighted by Gasteiger charge is 2.22. The molecule has 2 aromatic rings. The van der Waals surface area contributed by atoms with E-state index in [2.05, 4.69) is 15.6 Å². The van der Waals surface area contributed by atoms with Crippen molar-refractivity contribution in [1.82, 2.24) is 10.3 Å². The van der Waals surface area contributed by atoms with Crippen LogP contribution in [0.5, 0.6) is 0 Å². The van der Waals surface area contributed by atoms with Gasteiger partial charge in [-0.15, -0.1) is 0 Å². The molecule has 0 spiro atoms. The summed E-state index contributed by atoms with van der Waals surface area (Å²) in [5.41, 5.74) is 2.92. The van der Waals surface area contributed by atoms with Crippen LogP contribution in [0.15, 0.2) is 30.5 Å². The van der Waals surface area contributed by atoms with Gasteiger partial charge in [-0.1, -0.05) is 6.07 Å². The van der Waals surface area contributed by atoms with Crippen molar-refractivity contribution in [2.45, 2.75) is 13.3 Å². The molecule has 19 heavy (non-hydrogen) atoms. The maximum absolute atomic E-state index is 12.2. The smallest absolute Gasteiger partial charge is 0.228 e. The van der Waals surface area contributed by atoms with E-state index in [1.165, 1.54) is 0 Å². The summed E-state index contributed by atoms with van der Waals surface area (Å²) in [4.78, 5) is 16.6. The Hall–Kier alpha value is -1.94. The Morgan fingerprint density at radius 3 is 3.11 bits per heavy atom. The molecular weight excluding hydrogens is 238 g/mol. The molecule has 0 saturated carbocycles. The zero-order valence-electron chi connectivity index (χ0n) is 10.9. The number of amides is 1. The van der Waals surface area contributed by atoms with Crippen molar-refractivity contribution < 1.29 is 4.79 Å². The molecule has 98 valence electrons. The lowest BCUT2D eigenvalue weighted by Gasteiger charge is -2.12. The van der Waals surface area contributed by atoms with E-state index in [9.17, 15) is 4.79 Å². The summed E-state index contributed by atoms with van der Waals surface area (Å²) < 4.78 is 0. The molecule has 1 aliphatic rings. The zero-order chi connectivity index (χ0) is 13.2. The number of carbonyl (C=O) groups is 1. The van der Waals surface area contributed by atoms with Crippen molar-refractivity contribution in [3.8, 4) is 0 Å². The van der Waals surface area contributed by atoms with Gasteiger partial charge in [0.05, 0.1) is 17.1 Å². The van der Waals surface area contributed by atoms with Crippen LogP contribution in [0, 0.1) is 12.8 Å². The number of nitrogens with zero attached hydrogens (tertiary/aromatic N) is 1. The van der Waals surface area contributed by atoms with Gasteiger partial charge in [0, 0.05) is 18.1 Å². The first kappa shape index (κ1) is 12.1. The van der Waals surface area contributed by atoms with Crippen LogP contribution in [0.1, 0.15) is 12.0 Å². The van der Waals surface area contributed by atoms with Gasteiger partial charge in [0.15, 0.2) is 0 Å². The van der Waals surface area contributed by atoms with Gasteiger partial charge >= 0.3 is 0 Å². The Morgan fingerprint density at radius 1 is 1.42 bits per heavy atom. The van der Waals surface area contributed by atoms with E-state index in [0.717, 1.165) is 41.7 Å². The van der Waals surface area contributed by atoms with E-state index in [0.29, 0.717) is 0 Å². The minimum atomic E-state index is 0.0769. The van der Waals surface area contributed by atoms with E-state index in [4.69, 9.17) is 0 Å². The monoisotopic (exact) mass is 255 g/mol. The number of hydrogen-bond donors (Lipinski definition) is 2. The minimum Gasteiger partial charge on any atom is -0.325 e. The third kappa shape index (κ3) is 2.31. The first-order chi connectivity index (χ1) is 9.25. The number of nitrogens with one attached hydrogen (secondary N) is 2. The SMILES string of the molecule is Cc1ccc(NC(=O)C2CCNC2)c2cccnc12. The fourth-order valence-corrected chi connectivity index (χ4v) is 2.54. The molecule has 3 rings (SSSR count). The number of rotatable bonds is 2. The quantitative estimate of drug-likeness (QED) is 0.864. The van der Waals surface area contributed by atoms with Crippen molar-refractivity contribution >= 4 is 22.5 Å². The molecule has 1 aliphatic heterocycles. The van der Waals surface area contributed by atoms with Crippen molar-refractivity contribution in [1.29, 1.82) is 0 Å². The topological polar surface area (TPSA) is 54.0 Å². The molecule has 1 fully saturated rings. The summed E-state index contributed by atoms with van der Waals surface area (Å²) in [7, 11) is 0. The van der Waals surface area contributed by atoms with E-state index < -0.39 is 0 Å². The fraction of sp³-hybridized carbons (Fsp3) is 0.333. The first-order valence-electron chi connectivity index (χ1n) is 6.61. The lowest BCUT2D eigenvalue weighted by molar-refractivity contribution is -0.119. The number of aromatic nitrogens is 1. The standard InChI is InChI=1S/C15H17N3O/c1-10-4-5-13(12-3-2-7-17-14(10)12)18-15(19)11-6-8-16-9-11/h2-5,7,11,16H,6,8-9H2,1H3,(H,18,19). The second-order valence-corrected chi connectivity index (χ2v) is 5.01. The molecule has 2 heterocycles. The molecule has 1 aromatic heterocycles. The largest absolute Gasteiger partial charge is 0.325 e. The second kappa shape index (κ2) is 4.97. The van der Waals surface area contributed by atoms with Gasteiger partial charge in [-0.3, -0.25) is 9.78 Å². The van der Waals surface area contributed by atoms with Crippen LogP contribution in [0.2, 0.25) is 0 Å². The van der Waals surface area contributed by atoms with Crippen molar-refractivity contribution in [3.05, 3.63) is 36.0 Å². The molecule has 1 atom stereocenters. The van der Waals surface area contributed by atoms with E-state index in [1.807, 2.05) is 31.2 Å². The van der Waals surface area contributed by atoms with Gasteiger partial charge in [0.25, 0.3) is 0 Å². The molecule has 1 amide bonds. The number of hydrogen-bond acceptors (Lipinski definition) is 3. The minimum absolute atomic E-state index is 0.0769. The van der Waals surface area contributed by atoms with Crippen LogP contribution in [0.4, 0.5) is 5.69 Å². The second-order valence-electron chi connectivity index (χ2n) is 5.01. The van der Waals surface area contributed by atoms with Crippen LogP contribution in [-0.4, -0.2) is 24.0 Å². The number of anilines is 1. The van der Waals surface area contributed by atoms with Gasteiger partial charge in [-0.25, -0.2) is 0 Å². The number of fused-ring (bicyclic) bond motifs is 1. The summed E-state index contributed by atoms with van der Waals surface area (Å²) in [6.45, 7) is 3.73. The maximum Gasteiger partial charge on any atom is 0.228 e. The first-order valence-corrected chi connectivity index (χ1v) is 6.61. The Kier molecular flexibility index (Phi) is 3.17. The molecule has 4 nitrogen and oxygen atoms in total. The van der Waals surface area contributed by atoms with E-state index in [1.54, 1.807) is 6.20 Å². The average Bonchev–Trinajstić information content (AvgIpc) is 2.96. The van der Waals surface area contributed by atoms with Gasteiger partial charge in [-0.05, 0) is 43.7 Å². The van der Waals surface area contributed by atoms with Crippen LogP contribution < -0.4 is 10.6 Å². The van der Waals surface area contributed by atoms with Crippen LogP contribution >= 0.6 is 0 Å². The Bertz CT molecular complexity index is 618. The number of benzene rings is 1. The predicted molar refractivity (Wildman–Crippen MR) is 76.1 cm³/mol. The zero-order valence-corrected chi connectivity index (χ0v) is 10.9. The van der Waals surface area contributed by atoms with Crippen LogP contribution in [0.25, 0.3) is 10.9 Å². The molecule has 2 N–H and O–H groups in total. The van der Waals surface area contributed by atoms with Gasteiger partial charge in [-0.2, -0.15) is 0 Å². The lowest BCUT2D eigenvalue weighted by Crippen LogP contribution is -2.24. The van der Waals surface area contributed by atoms with Crippen molar-refractivity contribution in [3.63, 3.8) is 0 Å². The molecule has 0 radical (unpaired) electrons. The van der Waals surface area contributed by atoms with Gasteiger partial charge < -0.3 is 10.6 Å². The van der Waals surface area contributed by atoms with Crippen LogP contribution in [-0.2, 0) is 4.79 Å². The third-order valence-electron chi connectivity index (χ3n) is 3.66. The highest BCUT2D eigenvalue weighted by atomic mass is 16.1. The third-order valence-corrected chi connectivity index (χ3v) is 3.66. The molecule has 1 saturated heterocycles. The van der Waals surface area contributed by atoms with E-state index >= 15 is 0 Å². The van der Waals surface area contributed by atoms with Crippen molar-refractivity contribution in [2.75, 3.05) is 18.4 Å². The summed E-state index contributed by atoms with van der Waals surface area (Å²) in [6, 6.07) is 7.85. The Balaban J connectivity index is 1.92. The molecule has 0 aliphatic carbocycles. The summed E-state index contributed by atoms with van der Waals surface area (Å²) in [5.74, 6) is 0.173. The van der Waals surface area contributed by atoms with Crippen LogP contribution in [0.3, 0.4) is 0 Å². The summed E-state index contributed by atoms with van der Waals surface area (Å²) >= 11 is 0. The Labute approximate surface area is 112 Å². The predicted octanol–water partition coefficient (Wildman–Crippen LogP) is 2.09. The summed E-state index contributed by atoms with van der Waals surface area (Å²) in [6.07, 6.45) is 2.69. The van der Waals surface area contributed by atoms with Gasteiger partial charge in [0.1, 0.15) is 0 Å². The number of carbonyl (C=O) groups excluding carboxylic acids is 1. The van der Waals surface area contributed by atoms with Crippen molar-refractivity contribution in [2.24, 2.45) is 5.92 Å². The van der Waals surface area contributed by atoms with Gasteiger partial charge in [0.2, 0.25) is 5.91 Å². The lowest BCUT2D eigenvalue weighted by atomic mass is 10.1. The number of aryl methyl sites for hydroxylation is 1. The Morgan fingerprint density at radius 2 is 2.32 bits per heavy atom. The maximum atomic E-state index is 12.2. The fourth-order valence-electron chi connectivity index (χ4n) is 2.54. The molecule has 1 unspecified atom stereocenters. The molecular formula is C15H17N3O. The number of pyridine rings is 1. The highest BCUT2D eigenvalue weighted by molar-refractivity contribution is 6.02. The molecule has 4 heteroatoms. The normalized spacial score (nSPS) is 18.7. The van der Waals surface area contributed by atoms with E-state index in [-0.39, 0.29) is 11.8 Å². The summed E-state index contributed by atoms with van der Waals surface area (Å²) in [5, 5.41) is 7.25. The average molecular weight is 255 g/mol. The highest BCUT2D eigenvalue weighted by Crippen LogP contribution is 2.25.